The van der Waals surface area contributed by atoms with Crippen LogP contribution in [0.4, 0.5) is 0 Å². The van der Waals surface area contributed by atoms with Crippen molar-refractivity contribution < 1.29 is 0 Å². The highest BCUT2D eigenvalue weighted by atomic mass is 15.0. The van der Waals surface area contributed by atoms with E-state index in [1.54, 1.807) is 0 Å². The van der Waals surface area contributed by atoms with Crippen molar-refractivity contribution in [1.82, 2.24) is 23.3 Å². The molecule has 0 fully saturated rings. The van der Waals surface area contributed by atoms with Crippen LogP contribution in [0.2, 0.25) is 0 Å². The molecule has 0 N–H and O–H groups in total. The molecule has 6 heteroatoms. The zero-order valence-corrected chi connectivity index (χ0v) is 55.7. The number of pyridine rings is 1. The van der Waals surface area contributed by atoms with E-state index in [0.717, 1.165) is 128 Å². The molecular weight excluding hydrogens is 1210 g/mol. The van der Waals surface area contributed by atoms with Gasteiger partial charge in [0.15, 0.2) is 0 Å². The van der Waals surface area contributed by atoms with E-state index in [1.807, 2.05) is 6.07 Å². The maximum atomic E-state index is 12.7. The van der Waals surface area contributed by atoms with Crippen LogP contribution in [0.15, 0.2) is 315 Å². The maximum absolute atomic E-state index is 12.7. The molecule has 0 amide bonds. The van der Waals surface area contributed by atoms with Crippen molar-refractivity contribution in [1.29, 1.82) is 5.26 Å². The Labute approximate surface area is 579 Å². The molecule has 0 aliphatic carbocycles. The number of aryl methyl sites for hydroxylation is 4. The van der Waals surface area contributed by atoms with Crippen LogP contribution in [0.5, 0.6) is 0 Å². The fraction of sp³-hybridized carbons (Fsp3) is 0.0426. The lowest BCUT2D eigenvalue weighted by atomic mass is 9.76. The van der Waals surface area contributed by atoms with E-state index in [9.17, 15) is 5.26 Å². The smallest absolute Gasteiger partial charge is 0.101 e. The predicted molar refractivity (Wildman–Crippen MR) is 418 cm³/mol. The van der Waals surface area contributed by atoms with E-state index < -0.39 is 0 Å². The fourth-order valence-electron chi connectivity index (χ4n) is 16.2. The molecule has 6 nitrogen and oxygen atoms in total. The summed E-state index contributed by atoms with van der Waals surface area (Å²) in [6.45, 7) is 8.66. The Morgan fingerprint density at radius 3 is 0.850 bits per heavy atom. The van der Waals surface area contributed by atoms with Crippen molar-refractivity contribution >= 4 is 87.2 Å². The summed E-state index contributed by atoms with van der Waals surface area (Å²) in [6.07, 6.45) is 0. The third-order valence-electron chi connectivity index (χ3n) is 20.7. The van der Waals surface area contributed by atoms with E-state index in [-0.39, 0.29) is 0 Å². The minimum atomic E-state index is 0.521. The molecule has 19 rings (SSSR count). The molecule has 5 aromatic heterocycles. The summed E-state index contributed by atoms with van der Waals surface area (Å²) in [6, 6.07) is 118. The van der Waals surface area contributed by atoms with Gasteiger partial charge in [0.05, 0.1) is 61.1 Å². The summed E-state index contributed by atoms with van der Waals surface area (Å²) in [4.78, 5) is 5.67. The minimum Gasteiger partial charge on any atom is -0.309 e. The first kappa shape index (κ1) is 58.3. The van der Waals surface area contributed by atoms with Crippen LogP contribution in [0.25, 0.3) is 177 Å². The maximum Gasteiger partial charge on any atom is 0.101 e. The van der Waals surface area contributed by atoms with Crippen LogP contribution in [0, 0.1) is 39.0 Å². The molecule has 470 valence electrons. The Hall–Kier alpha value is -13.1. The van der Waals surface area contributed by atoms with Crippen molar-refractivity contribution in [2.75, 3.05) is 0 Å². The van der Waals surface area contributed by atoms with E-state index in [4.69, 9.17) is 4.98 Å². The third-order valence-corrected chi connectivity index (χ3v) is 20.7. The highest BCUT2D eigenvalue weighted by Gasteiger charge is 2.31. The lowest BCUT2D eigenvalue weighted by molar-refractivity contribution is 1.18. The molecule has 0 bridgehead atoms. The molecule has 0 saturated carbocycles. The van der Waals surface area contributed by atoms with Crippen LogP contribution in [-0.4, -0.2) is 23.3 Å². The average molecular weight is 1280 g/mol. The van der Waals surface area contributed by atoms with Gasteiger partial charge in [-0.1, -0.05) is 204 Å². The summed E-state index contributed by atoms with van der Waals surface area (Å²) in [7, 11) is 0. The van der Waals surface area contributed by atoms with Gasteiger partial charge in [0, 0.05) is 88.1 Å². The number of nitrogens with zero attached hydrogens (tertiary/aromatic N) is 6. The van der Waals surface area contributed by atoms with Gasteiger partial charge in [0.25, 0.3) is 0 Å². The summed E-state index contributed by atoms with van der Waals surface area (Å²) in [5.41, 5.74) is 29.2. The SMILES string of the molecule is Cc1ccc2c(c1)c1ccccc1n2-c1ccc(-c2c(C#N)c(-c3cccc(-c4ccccc4)n3)c(-c3ccc(-n4c5ccccc5c5cc(C)ccc54)cc3)c(-c3ccc(-n4c5ccccc5c5cc(C)ccc54)cc3)c2-c2ccc(-n3c4ccccc4c4cc(C)ccc43)cc2)cc1. The van der Waals surface area contributed by atoms with Crippen LogP contribution in [0.1, 0.15) is 27.8 Å². The molecule has 0 spiro atoms. The number of benzene rings is 14. The Balaban J connectivity index is 0.928. The van der Waals surface area contributed by atoms with Crippen molar-refractivity contribution in [2.24, 2.45) is 0 Å². The van der Waals surface area contributed by atoms with Gasteiger partial charge in [-0.2, -0.15) is 5.26 Å². The second-order valence-electron chi connectivity index (χ2n) is 26.8. The standard InChI is InChI=1S/C94H64N6/c1-58-29-49-86-75(53-58)71-19-8-12-25-82(71)97(86)67-41-33-63(34-42-67)90-79(57-95)94(81-24-16-23-80(96-81)62-17-6-5-7-18-62)93(66-39-47-70(48-40-66)100-85-28-15-11-22-74(85)78-56-61(4)32-52-89(78)100)92(65-37-45-69(46-38-65)99-84-27-14-10-21-73(84)77-55-60(3)31-51-88(77)99)91(90)64-35-43-68(44-36-64)98-83-26-13-9-20-72(83)76-54-59(2)30-50-87(76)98/h5-56H,1-4H3. The molecule has 14 aromatic carbocycles. The Morgan fingerprint density at radius 1 is 0.230 bits per heavy atom. The zero-order chi connectivity index (χ0) is 66.9. The molecular formula is C94H64N6. The molecule has 0 aliphatic heterocycles. The van der Waals surface area contributed by atoms with E-state index in [1.165, 1.54) is 65.3 Å². The zero-order valence-electron chi connectivity index (χ0n) is 55.7. The Kier molecular flexibility index (Phi) is 13.4. The highest BCUT2D eigenvalue weighted by Crippen LogP contribution is 2.54. The van der Waals surface area contributed by atoms with Crippen LogP contribution in [-0.2, 0) is 0 Å². The molecule has 19 aromatic rings. The van der Waals surface area contributed by atoms with Crippen molar-refractivity contribution in [2.45, 2.75) is 27.7 Å². The summed E-state index contributed by atoms with van der Waals surface area (Å²) >= 11 is 0. The van der Waals surface area contributed by atoms with Gasteiger partial charge >= 0.3 is 0 Å². The number of hydrogen-bond acceptors (Lipinski definition) is 2. The Morgan fingerprint density at radius 2 is 0.510 bits per heavy atom. The lowest BCUT2D eigenvalue weighted by Gasteiger charge is -2.26. The van der Waals surface area contributed by atoms with Gasteiger partial charge in [-0.25, -0.2) is 4.98 Å². The number of aromatic nitrogens is 5. The number of fused-ring (bicyclic) bond motifs is 12. The lowest BCUT2D eigenvalue weighted by Crippen LogP contribution is -2.04. The highest BCUT2D eigenvalue weighted by molar-refractivity contribution is 6.15. The Bertz CT molecular complexity index is 6590. The van der Waals surface area contributed by atoms with Gasteiger partial charge < -0.3 is 18.3 Å². The molecule has 0 radical (unpaired) electrons. The molecule has 0 unspecified atom stereocenters. The number of nitriles is 1. The molecule has 0 aliphatic rings. The van der Waals surface area contributed by atoms with Crippen LogP contribution >= 0.6 is 0 Å². The topological polar surface area (TPSA) is 56.4 Å². The van der Waals surface area contributed by atoms with Crippen molar-refractivity contribution in [3.05, 3.63) is 343 Å². The monoisotopic (exact) mass is 1280 g/mol. The number of rotatable bonds is 10. The largest absolute Gasteiger partial charge is 0.309 e. The summed E-state index contributed by atoms with van der Waals surface area (Å²) in [5.74, 6) is 0. The second kappa shape index (κ2) is 23.1. The predicted octanol–water partition coefficient (Wildman–Crippen LogP) is 24.6. The van der Waals surface area contributed by atoms with Gasteiger partial charge in [-0.15, -0.1) is 0 Å². The average Bonchev–Trinajstić information content (AvgIpc) is 1.04. The quantitative estimate of drug-likeness (QED) is 0.137. The van der Waals surface area contributed by atoms with Gasteiger partial charge in [0.1, 0.15) is 6.07 Å². The second-order valence-corrected chi connectivity index (χ2v) is 26.8. The number of para-hydroxylation sites is 4. The summed E-state index contributed by atoms with van der Waals surface area (Å²) in [5, 5.41) is 22.4. The first-order valence-corrected chi connectivity index (χ1v) is 34.3. The van der Waals surface area contributed by atoms with E-state index in [2.05, 4.69) is 361 Å². The van der Waals surface area contributed by atoms with E-state index >= 15 is 0 Å². The van der Waals surface area contributed by atoms with E-state index in [0.29, 0.717) is 11.3 Å². The van der Waals surface area contributed by atoms with Gasteiger partial charge in [0.2, 0.25) is 0 Å². The molecule has 0 saturated heterocycles. The molecule has 0 atom stereocenters. The molecule has 5 heterocycles. The van der Waals surface area contributed by atoms with Crippen molar-refractivity contribution in [3.63, 3.8) is 0 Å². The normalized spacial score (nSPS) is 11.8. The van der Waals surface area contributed by atoms with Crippen molar-refractivity contribution in [3.8, 4) is 95.8 Å². The van der Waals surface area contributed by atoms with Gasteiger partial charge in [-0.05, 0) is 195 Å². The minimum absolute atomic E-state index is 0.521. The fourth-order valence-corrected chi connectivity index (χ4v) is 16.2. The first-order chi connectivity index (χ1) is 49.2. The summed E-state index contributed by atoms with van der Waals surface area (Å²) < 4.78 is 9.54. The van der Waals surface area contributed by atoms with Crippen LogP contribution < -0.4 is 0 Å². The third kappa shape index (κ3) is 9.20. The first-order valence-electron chi connectivity index (χ1n) is 34.3. The number of hydrogen-bond donors (Lipinski definition) is 0. The van der Waals surface area contributed by atoms with Crippen LogP contribution in [0.3, 0.4) is 0 Å². The van der Waals surface area contributed by atoms with Gasteiger partial charge in [-0.3, -0.25) is 0 Å². The molecule has 100 heavy (non-hydrogen) atoms.